The Bertz CT molecular complexity index is 269. The standard InChI is InChI=1S/C13H25N3O/c1-10-2-3-11(9-14)12(8-10)16-6-4-13(17)15-5-7-16/h10-12H,2-9,14H2,1H3,(H,15,17). The number of nitrogens with zero attached hydrogens (tertiary/aromatic N) is 1. The van der Waals surface area contributed by atoms with E-state index in [4.69, 9.17) is 5.73 Å². The van der Waals surface area contributed by atoms with Crippen LogP contribution in [0.3, 0.4) is 0 Å². The fourth-order valence-electron chi connectivity index (χ4n) is 3.25. The lowest BCUT2D eigenvalue weighted by Gasteiger charge is -2.41. The minimum Gasteiger partial charge on any atom is -0.355 e. The number of amides is 1. The van der Waals surface area contributed by atoms with Crippen LogP contribution >= 0.6 is 0 Å². The molecule has 1 heterocycles. The van der Waals surface area contributed by atoms with Gasteiger partial charge in [0.05, 0.1) is 0 Å². The Labute approximate surface area is 104 Å². The molecule has 0 radical (unpaired) electrons. The first-order valence-electron chi connectivity index (χ1n) is 6.91. The number of nitrogens with two attached hydrogens (primary N) is 1. The zero-order valence-corrected chi connectivity index (χ0v) is 10.8. The third kappa shape index (κ3) is 3.19. The number of nitrogens with one attached hydrogen (secondary N) is 1. The molecule has 0 aromatic rings. The zero-order chi connectivity index (χ0) is 12.3. The average Bonchev–Trinajstić information content (AvgIpc) is 2.54. The molecule has 98 valence electrons. The van der Waals surface area contributed by atoms with Crippen LogP contribution in [0.2, 0.25) is 0 Å². The van der Waals surface area contributed by atoms with Crippen molar-refractivity contribution in [3.05, 3.63) is 0 Å². The highest BCUT2D eigenvalue weighted by atomic mass is 16.1. The van der Waals surface area contributed by atoms with Gasteiger partial charge in [-0.3, -0.25) is 9.69 Å². The van der Waals surface area contributed by atoms with Crippen molar-refractivity contribution in [1.29, 1.82) is 0 Å². The first-order chi connectivity index (χ1) is 8.20. The lowest BCUT2D eigenvalue weighted by atomic mass is 9.78. The van der Waals surface area contributed by atoms with Crippen LogP contribution < -0.4 is 11.1 Å². The van der Waals surface area contributed by atoms with Crippen molar-refractivity contribution in [2.24, 2.45) is 17.6 Å². The van der Waals surface area contributed by atoms with Gasteiger partial charge in [0.1, 0.15) is 0 Å². The van der Waals surface area contributed by atoms with E-state index in [0.717, 1.165) is 32.1 Å². The SMILES string of the molecule is CC1CCC(CN)C(N2CCNC(=O)CC2)C1. The molecule has 17 heavy (non-hydrogen) atoms. The fourth-order valence-corrected chi connectivity index (χ4v) is 3.25. The van der Waals surface area contributed by atoms with E-state index in [-0.39, 0.29) is 5.91 Å². The predicted molar refractivity (Wildman–Crippen MR) is 68.5 cm³/mol. The molecular formula is C13H25N3O. The minimum absolute atomic E-state index is 0.195. The summed E-state index contributed by atoms with van der Waals surface area (Å²) in [6.07, 6.45) is 4.45. The molecule has 1 aliphatic carbocycles. The monoisotopic (exact) mass is 239 g/mol. The van der Waals surface area contributed by atoms with Gasteiger partial charge in [-0.15, -0.1) is 0 Å². The summed E-state index contributed by atoms with van der Waals surface area (Å²) in [4.78, 5) is 13.9. The zero-order valence-electron chi connectivity index (χ0n) is 10.8. The second-order valence-electron chi connectivity index (χ2n) is 5.62. The van der Waals surface area contributed by atoms with Crippen molar-refractivity contribution in [2.45, 2.75) is 38.6 Å². The van der Waals surface area contributed by atoms with Crippen LogP contribution in [0.15, 0.2) is 0 Å². The summed E-state index contributed by atoms with van der Waals surface area (Å²) in [7, 11) is 0. The Morgan fingerprint density at radius 1 is 1.41 bits per heavy atom. The van der Waals surface area contributed by atoms with Crippen molar-refractivity contribution < 1.29 is 4.79 Å². The van der Waals surface area contributed by atoms with Crippen molar-refractivity contribution >= 4 is 5.91 Å². The normalized spacial score (nSPS) is 36.4. The molecule has 1 saturated carbocycles. The maximum atomic E-state index is 11.4. The second kappa shape index (κ2) is 5.83. The molecule has 3 unspecified atom stereocenters. The maximum absolute atomic E-state index is 11.4. The number of carbonyl (C=O) groups is 1. The molecule has 3 N–H and O–H groups in total. The Morgan fingerprint density at radius 2 is 2.24 bits per heavy atom. The predicted octanol–water partition coefficient (Wildman–Crippen LogP) is 0.572. The quantitative estimate of drug-likeness (QED) is 0.741. The number of carbonyl (C=O) groups excluding carboxylic acids is 1. The third-order valence-corrected chi connectivity index (χ3v) is 4.34. The summed E-state index contributed by atoms with van der Waals surface area (Å²) in [5, 5.41) is 2.95. The summed E-state index contributed by atoms with van der Waals surface area (Å²) in [5.41, 5.74) is 5.90. The van der Waals surface area contributed by atoms with Gasteiger partial charge in [-0.2, -0.15) is 0 Å². The lowest BCUT2D eigenvalue weighted by Crippen LogP contribution is -2.47. The topological polar surface area (TPSA) is 58.4 Å². The van der Waals surface area contributed by atoms with E-state index in [1.165, 1.54) is 19.3 Å². The molecular weight excluding hydrogens is 214 g/mol. The Kier molecular flexibility index (Phi) is 4.40. The molecule has 1 saturated heterocycles. The largest absolute Gasteiger partial charge is 0.355 e. The summed E-state index contributed by atoms with van der Waals surface area (Å²) in [5.74, 6) is 1.62. The molecule has 4 nitrogen and oxygen atoms in total. The van der Waals surface area contributed by atoms with Crippen molar-refractivity contribution in [2.75, 3.05) is 26.2 Å². The molecule has 0 spiro atoms. The summed E-state index contributed by atoms with van der Waals surface area (Å²) < 4.78 is 0. The average molecular weight is 239 g/mol. The van der Waals surface area contributed by atoms with E-state index in [1.807, 2.05) is 0 Å². The fraction of sp³-hybridized carbons (Fsp3) is 0.923. The third-order valence-electron chi connectivity index (χ3n) is 4.34. The Balaban J connectivity index is 1.99. The molecule has 4 heteroatoms. The summed E-state index contributed by atoms with van der Waals surface area (Å²) >= 11 is 0. The molecule has 2 aliphatic rings. The second-order valence-corrected chi connectivity index (χ2v) is 5.62. The maximum Gasteiger partial charge on any atom is 0.221 e. The number of rotatable bonds is 2. The first-order valence-corrected chi connectivity index (χ1v) is 6.91. The highest BCUT2D eigenvalue weighted by Gasteiger charge is 2.32. The highest BCUT2D eigenvalue weighted by Crippen LogP contribution is 2.31. The van der Waals surface area contributed by atoms with Gasteiger partial charge in [0.25, 0.3) is 0 Å². The van der Waals surface area contributed by atoms with Gasteiger partial charge in [-0.25, -0.2) is 0 Å². The van der Waals surface area contributed by atoms with Crippen LogP contribution in [0, 0.1) is 11.8 Å². The Hall–Kier alpha value is -0.610. The van der Waals surface area contributed by atoms with E-state index in [0.29, 0.717) is 18.4 Å². The highest BCUT2D eigenvalue weighted by molar-refractivity contribution is 5.76. The van der Waals surface area contributed by atoms with Crippen LogP contribution in [0.25, 0.3) is 0 Å². The lowest BCUT2D eigenvalue weighted by molar-refractivity contribution is -0.120. The van der Waals surface area contributed by atoms with Gasteiger partial charge in [-0.1, -0.05) is 13.3 Å². The van der Waals surface area contributed by atoms with Crippen molar-refractivity contribution in [1.82, 2.24) is 10.2 Å². The molecule has 2 rings (SSSR count). The van der Waals surface area contributed by atoms with Gasteiger partial charge in [0.2, 0.25) is 5.91 Å². The van der Waals surface area contributed by atoms with Crippen LogP contribution in [-0.4, -0.2) is 43.0 Å². The van der Waals surface area contributed by atoms with Gasteiger partial charge in [0, 0.05) is 32.1 Å². The van der Waals surface area contributed by atoms with Crippen LogP contribution in [0.1, 0.15) is 32.6 Å². The van der Waals surface area contributed by atoms with Crippen LogP contribution in [0.4, 0.5) is 0 Å². The van der Waals surface area contributed by atoms with Gasteiger partial charge in [-0.05, 0) is 31.2 Å². The summed E-state index contributed by atoms with van der Waals surface area (Å²) in [6.45, 7) is 5.80. The van der Waals surface area contributed by atoms with E-state index < -0.39 is 0 Å². The first kappa shape index (κ1) is 12.8. The molecule has 0 aromatic carbocycles. The van der Waals surface area contributed by atoms with Gasteiger partial charge >= 0.3 is 0 Å². The van der Waals surface area contributed by atoms with Gasteiger partial charge < -0.3 is 11.1 Å². The van der Waals surface area contributed by atoms with E-state index in [2.05, 4.69) is 17.1 Å². The molecule has 2 fully saturated rings. The smallest absolute Gasteiger partial charge is 0.221 e. The number of hydrogen-bond acceptors (Lipinski definition) is 3. The Morgan fingerprint density at radius 3 is 3.00 bits per heavy atom. The van der Waals surface area contributed by atoms with E-state index in [1.54, 1.807) is 0 Å². The molecule has 1 aliphatic heterocycles. The van der Waals surface area contributed by atoms with Crippen molar-refractivity contribution in [3.63, 3.8) is 0 Å². The summed E-state index contributed by atoms with van der Waals surface area (Å²) in [6, 6.07) is 0.594. The molecule has 0 aromatic heterocycles. The molecule has 3 atom stereocenters. The molecule has 0 bridgehead atoms. The van der Waals surface area contributed by atoms with Crippen LogP contribution in [-0.2, 0) is 4.79 Å². The van der Waals surface area contributed by atoms with Crippen molar-refractivity contribution in [3.8, 4) is 0 Å². The molecule has 1 amide bonds. The minimum atomic E-state index is 0.195. The van der Waals surface area contributed by atoms with E-state index in [9.17, 15) is 4.79 Å². The van der Waals surface area contributed by atoms with Gasteiger partial charge in [0.15, 0.2) is 0 Å². The van der Waals surface area contributed by atoms with Crippen LogP contribution in [0.5, 0.6) is 0 Å². The number of hydrogen-bond donors (Lipinski definition) is 2. The van der Waals surface area contributed by atoms with E-state index >= 15 is 0 Å².